The number of ether oxygens (including phenoxy) is 1. The van der Waals surface area contributed by atoms with Crippen LogP contribution in [0.1, 0.15) is 5.56 Å². The first-order valence-corrected chi connectivity index (χ1v) is 7.41. The Labute approximate surface area is 143 Å². The number of nitrogens with one attached hydrogen (secondary N) is 2. The summed E-state index contributed by atoms with van der Waals surface area (Å²) in [5.74, 6) is -0.0741. The molecule has 2 rings (SSSR count). The van der Waals surface area contributed by atoms with Gasteiger partial charge >= 0.3 is 0 Å². The maximum Gasteiger partial charge on any atom is 0.296 e. The van der Waals surface area contributed by atoms with Crippen molar-refractivity contribution in [3.63, 3.8) is 0 Å². The predicted octanol–water partition coefficient (Wildman–Crippen LogP) is 3.62. The van der Waals surface area contributed by atoms with Crippen LogP contribution in [0.5, 0.6) is 5.75 Å². The van der Waals surface area contributed by atoms with Gasteiger partial charge in [-0.15, -0.1) is 0 Å². The third kappa shape index (κ3) is 4.14. The number of anilines is 2. The fraction of sp³-hybridized carbons (Fsp3) is 0.188. The number of nitro benzene ring substituents is 1. The SMILES string of the molecule is COc1ccc(NC(=O)CNc2cccc(Cl)c2C)c([N+](=O)[O-])c1. The zero-order valence-corrected chi connectivity index (χ0v) is 13.9. The van der Waals surface area contributed by atoms with Gasteiger partial charge in [-0.25, -0.2) is 0 Å². The quantitative estimate of drug-likeness (QED) is 0.613. The minimum Gasteiger partial charge on any atom is -0.496 e. The van der Waals surface area contributed by atoms with Gasteiger partial charge in [0.25, 0.3) is 5.69 Å². The van der Waals surface area contributed by atoms with Gasteiger partial charge in [0, 0.05) is 10.7 Å². The summed E-state index contributed by atoms with van der Waals surface area (Å²) in [5, 5.41) is 17.2. The minimum atomic E-state index is -0.577. The number of nitro groups is 1. The molecule has 0 aromatic heterocycles. The molecule has 0 heterocycles. The Kier molecular flexibility index (Phi) is 5.59. The van der Waals surface area contributed by atoms with Crippen LogP contribution in [0, 0.1) is 17.0 Å². The molecule has 0 aliphatic carbocycles. The third-order valence-electron chi connectivity index (χ3n) is 3.38. The van der Waals surface area contributed by atoms with E-state index in [1.165, 1.54) is 25.3 Å². The first kappa shape index (κ1) is 17.6. The minimum absolute atomic E-state index is 0.0512. The fourth-order valence-electron chi connectivity index (χ4n) is 2.06. The molecule has 0 saturated carbocycles. The van der Waals surface area contributed by atoms with E-state index in [-0.39, 0.29) is 17.9 Å². The van der Waals surface area contributed by atoms with Gasteiger partial charge in [0.1, 0.15) is 11.4 Å². The molecule has 2 aromatic carbocycles. The van der Waals surface area contributed by atoms with Crippen molar-refractivity contribution in [2.75, 3.05) is 24.3 Å². The highest BCUT2D eigenvalue weighted by molar-refractivity contribution is 6.31. The number of nitrogens with zero attached hydrogens (tertiary/aromatic N) is 1. The van der Waals surface area contributed by atoms with Crippen molar-refractivity contribution in [1.82, 2.24) is 0 Å². The van der Waals surface area contributed by atoms with Crippen LogP contribution in [-0.4, -0.2) is 24.5 Å². The summed E-state index contributed by atoms with van der Waals surface area (Å²) in [6.07, 6.45) is 0. The third-order valence-corrected chi connectivity index (χ3v) is 3.79. The van der Waals surface area contributed by atoms with Gasteiger partial charge in [-0.2, -0.15) is 0 Å². The van der Waals surface area contributed by atoms with E-state index in [1.807, 2.05) is 6.92 Å². The lowest BCUT2D eigenvalue weighted by Gasteiger charge is -2.11. The molecule has 24 heavy (non-hydrogen) atoms. The molecule has 0 radical (unpaired) electrons. The molecular formula is C16H16ClN3O4. The van der Waals surface area contributed by atoms with Crippen LogP contribution < -0.4 is 15.4 Å². The van der Waals surface area contributed by atoms with Crippen LogP contribution >= 0.6 is 11.6 Å². The van der Waals surface area contributed by atoms with Crippen molar-refractivity contribution in [3.05, 3.63) is 57.1 Å². The Bertz CT molecular complexity index is 780. The summed E-state index contributed by atoms with van der Waals surface area (Å²) < 4.78 is 4.95. The maximum atomic E-state index is 12.1. The summed E-state index contributed by atoms with van der Waals surface area (Å²) >= 11 is 6.02. The summed E-state index contributed by atoms with van der Waals surface area (Å²) in [6, 6.07) is 9.54. The Morgan fingerprint density at radius 1 is 1.29 bits per heavy atom. The van der Waals surface area contributed by atoms with Crippen LogP contribution in [0.15, 0.2) is 36.4 Å². The lowest BCUT2D eigenvalue weighted by Crippen LogP contribution is -2.22. The second kappa shape index (κ2) is 7.65. The number of rotatable bonds is 6. The first-order valence-electron chi connectivity index (χ1n) is 7.03. The zero-order valence-electron chi connectivity index (χ0n) is 13.1. The summed E-state index contributed by atoms with van der Waals surface area (Å²) in [7, 11) is 1.41. The number of methoxy groups -OCH3 is 1. The van der Waals surface area contributed by atoms with Crippen molar-refractivity contribution in [2.24, 2.45) is 0 Å². The standard InChI is InChI=1S/C16H16ClN3O4/c1-10-12(17)4-3-5-13(10)18-9-16(21)19-14-7-6-11(24-2)8-15(14)20(22)23/h3-8,18H,9H2,1-2H3,(H,19,21). The highest BCUT2D eigenvalue weighted by Crippen LogP contribution is 2.29. The van der Waals surface area contributed by atoms with E-state index in [4.69, 9.17) is 16.3 Å². The second-order valence-corrected chi connectivity index (χ2v) is 5.36. The maximum absolute atomic E-state index is 12.1. The van der Waals surface area contributed by atoms with Crippen molar-refractivity contribution in [3.8, 4) is 5.75 Å². The fourth-order valence-corrected chi connectivity index (χ4v) is 2.24. The van der Waals surface area contributed by atoms with Gasteiger partial charge in [0.2, 0.25) is 5.91 Å². The van der Waals surface area contributed by atoms with Gasteiger partial charge in [-0.05, 0) is 36.8 Å². The van der Waals surface area contributed by atoms with E-state index in [0.29, 0.717) is 10.8 Å². The Morgan fingerprint density at radius 2 is 2.04 bits per heavy atom. The average Bonchev–Trinajstić information content (AvgIpc) is 2.56. The number of carbonyl (C=O) groups excluding carboxylic acids is 1. The number of halogens is 1. The van der Waals surface area contributed by atoms with Crippen LogP contribution in [0.25, 0.3) is 0 Å². The van der Waals surface area contributed by atoms with Gasteiger partial charge in [0.05, 0.1) is 24.6 Å². The molecule has 0 aliphatic rings. The smallest absolute Gasteiger partial charge is 0.296 e. The number of amides is 1. The highest BCUT2D eigenvalue weighted by Gasteiger charge is 2.17. The van der Waals surface area contributed by atoms with Gasteiger partial charge in [-0.3, -0.25) is 14.9 Å². The van der Waals surface area contributed by atoms with Gasteiger partial charge in [-0.1, -0.05) is 17.7 Å². The molecule has 0 unspecified atom stereocenters. The summed E-state index contributed by atoms with van der Waals surface area (Å²) in [4.78, 5) is 22.6. The molecule has 0 fully saturated rings. The topological polar surface area (TPSA) is 93.5 Å². The molecule has 0 aliphatic heterocycles. The van der Waals surface area contributed by atoms with E-state index in [9.17, 15) is 14.9 Å². The number of carbonyl (C=O) groups is 1. The normalized spacial score (nSPS) is 10.1. The largest absolute Gasteiger partial charge is 0.496 e. The predicted molar refractivity (Wildman–Crippen MR) is 93.0 cm³/mol. The van der Waals surface area contributed by atoms with E-state index in [1.54, 1.807) is 18.2 Å². The van der Waals surface area contributed by atoms with Gasteiger partial charge < -0.3 is 15.4 Å². The van der Waals surface area contributed by atoms with Crippen LogP contribution in [0.2, 0.25) is 5.02 Å². The molecule has 1 amide bonds. The summed E-state index contributed by atoms with van der Waals surface area (Å²) in [6.45, 7) is 1.78. The molecule has 8 heteroatoms. The second-order valence-electron chi connectivity index (χ2n) is 4.95. The molecule has 2 aromatic rings. The zero-order chi connectivity index (χ0) is 17.7. The number of hydrogen-bond acceptors (Lipinski definition) is 5. The van der Waals surface area contributed by atoms with E-state index in [0.717, 1.165) is 11.3 Å². The van der Waals surface area contributed by atoms with Crippen LogP contribution in [-0.2, 0) is 4.79 Å². The van der Waals surface area contributed by atoms with Gasteiger partial charge in [0.15, 0.2) is 0 Å². The Morgan fingerprint density at radius 3 is 2.71 bits per heavy atom. The molecule has 126 valence electrons. The molecule has 0 atom stereocenters. The lowest BCUT2D eigenvalue weighted by molar-refractivity contribution is -0.384. The molecule has 0 spiro atoms. The molecule has 7 nitrogen and oxygen atoms in total. The molecule has 2 N–H and O–H groups in total. The van der Waals surface area contributed by atoms with Crippen LogP contribution in [0.4, 0.5) is 17.1 Å². The van der Waals surface area contributed by atoms with Crippen molar-refractivity contribution in [1.29, 1.82) is 0 Å². The first-order chi connectivity index (χ1) is 11.4. The van der Waals surface area contributed by atoms with Crippen LogP contribution in [0.3, 0.4) is 0 Å². The molecule has 0 saturated heterocycles. The van der Waals surface area contributed by atoms with E-state index < -0.39 is 10.8 Å². The molecule has 0 bridgehead atoms. The number of hydrogen-bond donors (Lipinski definition) is 2. The monoisotopic (exact) mass is 349 g/mol. The Hall–Kier alpha value is -2.80. The van der Waals surface area contributed by atoms with Crippen molar-refractivity contribution >= 4 is 34.6 Å². The Balaban J connectivity index is 2.07. The van der Waals surface area contributed by atoms with E-state index >= 15 is 0 Å². The lowest BCUT2D eigenvalue weighted by atomic mass is 10.2. The number of benzene rings is 2. The van der Waals surface area contributed by atoms with Crippen molar-refractivity contribution in [2.45, 2.75) is 6.92 Å². The van der Waals surface area contributed by atoms with Crippen molar-refractivity contribution < 1.29 is 14.5 Å². The average molecular weight is 350 g/mol. The van der Waals surface area contributed by atoms with E-state index in [2.05, 4.69) is 10.6 Å². The highest BCUT2D eigenvalue weighted by atomic mass is 35.5. The summed E-state index contributed by atoms with van der Waals surface area (Å²) in [5.41, 5.74) is 1.42. The molecular weight excluding hydrogens is 334 g/mol.